The third-order valence-electron chi connectivity index (χ3n) is 4.95. The van der Waals surface area contributed by atoms with E-state index < -0.39 is 5.97 Å². The number of amides is 1. The predicted octanol–water partition coefficient (Wildman–Crippen LogP) is 4.54. The summed E-state index contributed by atoms with van der Waals surface area (Å²) in [6, 6.07) is 14.7. The highest BCUT2D eigenvalue weighted by molar-refractivity contribution is 8.00. The van der Waals surface area contributed by atoms with Crippen molar-refractivity contribution in [2.24, 2.45) is 0 Å². The summed E-state index contributed by atoms with van der Waals surface area (Å²) in [7, 11) is 0. The molecule has 2 heterocycles. The predicted molar refractivity (Wildman–Crippen MR) is 120 cm³/mol. The molecular weight excluding hydrogens is 431 g/mol. The highest BCUT2D eigenvalue weighted by Crippen LogP contribution is 2.42. The Bertz CT molecular complexity index is 1110. The second-order valence-corrected chi connectivity index (χ2v) is 8.22. The van der Waals surface area contributed by atoms with Crippen molar-refractivity contribution in [2.45, 2.75) is 12.3 Å². The first-order chi connectivity index (χ1) is 15.5. The van der Waals surface area contributed by atoms with Crippen molar-refractivity contribution >= 4 is 29.3 Å². The Hall–Kier alpha value is -3.39. The lowest BCUT2D eigenvalue weighted by molar-refractivity contribution is -0.115. The molecule has 1 atom stereocenters. The van der Waals surface area contributed by atoms with Crippen LogP contribution >= 0.6 is 11.8 Å². The fraction of sp³-hybridized carbons (Fsp3) is 0.208. The monoisotopic (exact) mass is 452 g/mol. The molecule has 164 valence electrons. The number of ether oxygens (including phenoxy) is 2. The van der Waals surface area contributed by atoms with E-state index >= 15 is 0 Å². The van der Waals surface area contributed by atoms with Crippen LogP contribution in [0, 0.1) is 12.7 Å². The van der Waals surface area contributed by atoms with E-state index in [4.69, 9.17) is 9.47 Å². The molecule has 4 rings (SSSR count). The van der Waals surface area contributed by atoms with Gasteiger partial charge in [-0.15, -0.1) is 11.8 Å². The molecular formula is C24H21FN2O4S. The van der Waals surface area contributed by atoms with Crippen molar-refractivity contribution in [2.75, 3.05) is 23.9 Å². The lowest BCUT2D eigenvalue weighted by atomic mass is 10.1. The highest BCUT2D eigenvalue weighted by Gasteiger charge is 2.35. The number of carbonyl (C=O) groups is 2. The number of thioether (sulfide) groups is 1. The maximum Gasteiger partial charge on any atom is 0.338 e. The van der Waals surface area contributed by atoms with Crippen LogP contribution in [0.4, 0.5) is 10.1 Å². The fourth-order valence-corrected chi connectivity index (χ4v) is 4.59. The van der Waals surface area contributed by atoms with Gasteiger partial charge >= 0.3 is 5.97 Å². The van der Waals surface area contributed by atoms with Crippen LogP contribution < -0.4 is 9.64 Å². The van der Waals surface area contributed by atoms with Crippen LogP contribution in [0.5, 0.6) is 5.75 Å². The molecule has 0 spiro atoms. The smallest absolute Gasteiger partial charge is 0.338 e. The number of halogens is 1. The first-order valence-corrected chi connectivity index (χ1v) is 11.1. The molecule has 1 unspecified atom stereocenters. The van der Waals surface area contributed by atoms with Gasteiger partial charge in [-0.1, -0.05) is 12.1 Å². The van der Waals surface area contributed by atoms with Crippen molar-refractivity contribution in [3.8, 4) is 5.75 Å². The van der Waals surface area contributed by atoms with E-state index in [1.54, 1.807) is 59.8 Å². The molecule has 1 aliphatic heterocycles. The van der Waals surface area contributed by atoms with E-state index in [9.17, 15) is 14.0 Å². The number of hydrogen-bond donors (Lipinski definition) is 0. The van der Waals surface area contributed by atoms with Gasteiger partial charge in [0.2, 0.25) is 5.91 Å². The molecule has 1 aromatic heterocycles. The minimum Gasteiger partial charge on any atom is -0.490 e. The zero-order valence-corrected chi connectivity index (χ0v) is 18.2. The Morgan fingerprint density at radius 2 is 1.88 bits per heavy atom. The standard InChI is InChI=1S/C24H21FN2O4S/c1-16-14-18(24(29)31-13-12-30-20-8-10-26-11-9-20)4-7-21(16)27-22(28)15-32-23(27)17-2-5-19(25)6-3-17/h2-11,14,23H,12-13,15H2,1H3. The van der Waals surface area contributed by atoms with Gasteiger partial charge in [-0.3, -0.25) is 14.7 Å². The van der Waals surface area contributed by atoms with Gasteiger partial charge in [0, 0.05) is 18.1 Å². The number of carbonyl (C=O) groups excluding carboxylic acids is 2. The Morgan fingerprint density at radius 3 is 2.59 bits per heavy atom. The van der Waals surface area contributed by atoms with Crippen molar-refractivity contribution in [1.29, 1.82) is 0 Å². The van der Waals surface area contributed by atoms with E-state index in [2.05, 4.69) is 4.98 Å². The van der Waals surface area contributed by atoms with Gasteiger partial charge in [-0.2, -0.15) is 0 Å². The largest absolute Gasteiger partial charge is 0.490 e. The lowest BCUT2D eigenvalue weighted by Gasteiger charge is -2.26. The molecule has 3 aromatic rings. The molecule has 6 nitrogen and oxygen atoms in total. The molecule has 0 saturated carbocycles. The van der Waals surface area contributed by atoms with Gasteiger partial charge < -0.3 is 9.47 Å². The van der Waals surface area contributed by atoms with Crippen LogP contribution in [0.3, 0.4) is 0 Å². The summed E-state index contributed by atoms with van der Waals surface area (Å²) < 4.78 is 24.1. The average Bonchev–Trinajstić information content (AvgIpc) is 3.18. The maximum absolute atomic E-state index is 13.3. The van der Waals surface area contributed by atoms with Gasteiger partial charge in [0.25, 0.3) is 0 Å². The third-order valence-corrected chi connectivity index (χ3v) is 6.16. The van der Waals surface area contributed by atoms with Crippen LogP contribution in [0.2, 0.25) is 0 Å². The summed E-state index contributed by atoms with van der Waals surface area (Å²) in [5.41, 5.74) is 2.73. The molecule has 1 amide bonds. The Balaban J connectivity index is 1.42. The highest BCUT2D eigenvalue weighted by atomic mass is 32.2. The van der Waals surface area contributed by atoms with Crippen LogP contribution in [-0.4, -0.2) is 35.8 Å². The number of anilines is 1. The second-order valence-electron chi connectivity index (χ2n) is 7.15. The van der Waals surface area contributed by atoms with E-state index in [1.165, 1.54) is 23.9 Å². The summed E-state index contributed by atoms with van der Waals surface area (Å²) in [5, 5.41) is -0.245. The van der Waals surface area contributed by atoms with Crippen molar-refractivity contribution < 1.29 is 23.5 Å². The maximum atomic E-state index is 13.3. The number of benzene rings is 2. The lowest BCUT2D eigenvalue weighted by Crippen LogP contribution is -2.28. The molecule has 0 radical (unpaired) electrons. The fourth-order valence-electron chi connectivity index (χ4n) is 3.42. The molecule has 8 heteroatoms. The number of hydrogen-bond acceptors (Lipinski definition) is 6. The number of nitrogens with zero attached hydrogens (tertiary/aromatic N) is 2. The number of rotatable bonds is 7. The molecule has 32 heavy (non-hydrogen) atoms. The second kappa shape index (κ2) is 9.82. The van der Waals surface area contributed by atoms with Crippen LogP contribution in [0.1, 0.15) is 26.9 Å². The SMILES string of the molecule is Cc1cc(C(=O)OCCOc2ccncc2)ccc1N1C(=O)CSC1c1ccc(F)cc1. The van der Waals surface area contributed by atoms with Crippen molar-refractivity contribution in [1.82, 2.24) is 4.98 Å². The summed E-state index contributed by atoms with van der Waals surface area (Å²) in [4.78, 5) is 30.6. The van der Waals surface area contributed by atoms with Crippen molar-refractivity contribution in [3.05, 3.63) is 89.5 Å². The molecule has 2 aromatic carbocycles. The summed E-state index contributed by atoms with van der Waals surface area (Å²) >= 11 is 1.49. The van der Waals surface area contributed by atoms with E-state index in [0.717, 1.165) is 11.1 Å². The molecule has 1 aliphatic rings. The van der Waals surface area contributed by atoms with Gasteiger partial charge in [-0.25, -0.2) is 9.18 Å². The summed E-state index contributed by atoms with van der Waals surface area (Å²) in [6.07, 6.45) is 3.24. The van der Waals surface area contributed by atoms with Gasteiger partial charge in [-0.05, 0) is 60.5 Å². The minimum absolute atomic E-state index is 0.0315. The molecule has 0 N–H and O–H groups in total. The molecule has 0 aliphatic carbocycles. The van der Waals surface area contributed by atoms with Crippen molar-refractivity contribution in [3.63, 3.8) is 0 Å². The molecule has 1 fully saturated rings. The van der Waals surface area contributed by atoms with Gasteiger partial charge in [0.15, 0.2) is 0 Å². The topological polar surface area (TPSA) is 68.7 Å². The first-order valence-electron chi connectivity index (χ1n) is 10.0. The normalized spacial score (nSPS) is 15.6. The zero-order valence-electron chi connectivity index (χ0n) is 17.4. The Morgan fingerprint density at radius 1 is 1.12 bits per heavy atom. The van der Waals surface area contributed by atoms with E-state index in [1.807, 2.05) is 6.92 Å². The van der Waals surface area contributed by atoms with Crippen LogP contribution in [-0.2, 0) is 9.53 Å². The van der Waals surface area contributed by atoms with E-state index in [0.29, 0.717) is 22.8 Å². The molecule has 1 saturated heterocycles. The summed E-state index contributed by atoms with van der Waals surface area (Å²) in [6.45, 7) is 2.18. The van der Waals surface area contributed by atoms with E-state index in [-0.39, 0.29) is 30.3 Å². The average molecular weight is 453 g/mol. The zero-order chi connectivity index (χ0) is 22.5. The molecule has 0 bridgehead atoms. The quantitative estimate of drug-likeness (QED) is 0.387. The summed E-state index contributed by atoms with van der Waals surface area (Å²) in [5.74, 6) is 0.175. The Labute approximate surface area is 189 Å². The number of aromatic nitrogens is 1. The van der Waals surface area contributed by atoms with Crippen LogP contribution in [0.25, 0.3) is 0 Å². The third kappa shape index (κ3) is 4.91. The first kappa shape index (κ1) is 21.8. The van der Waals surface area contributed by atoms with Crippen LogP contribution in [0.15, 0.2) is 67.0 Å². The van der Waals surface area contributed by atoms with Gasteiger partial charge in [0.1, 0.15) is 30.2 Å². The number of aryl methyl sites for hydroxylation is 1. The number of esters is 1. The Kier molecular flexibility index (Phi) is 6.70. The van der Waals surface area contributed by atoms with Gasteiger partial charge in [0.05, 0.1) is 11.3 Å². The number of pyridine rings is 1. The minimum atomic E-state index is -0.463.